The second-order valence-corrected chi connectivity index (χ2v) is 6.02. The van der Waals surface area contributed by atoms with Gasteiger partial charge in [0.25, 0.3) is 17.4 Å². The Hall–Kier alpha value is -3.00. The van der Waals surface area contributed by atoms with Crippen molar-refractivity contribution in [3.8, 4) is 0 Å². The van der Waals surface area contributed by atoms with Crippen LogP contribution in [-0.4, -0.2) is 41.4 Å². The average molecular weight is 356 g/mol. The lowest BCUT2D eigenvalue weighted by atomic mass is 10.1. The molecule has 136 valence electrons. The molecule has 8 heteroatoms. The van der Waals surface area contributed by atoms with Gasteiger partial charge in [-0.2, -0.15) is 5.10 Å². The molecule has 1 aromatic heterocycles. The molecule has 26 heavy (non-hydrogen) atoms. The number of rotatable bonds is 7. The van der Waals surface area contributed by atoms with Crippen molar-refractivity contribution in [3.05, 3.63) is 58.0 Å². The van der Waals surface area contributed by atoms with E-state index in [1.54, 1.807) is 24.3 Å². The number of amides is 2. The predicted molar refractivity (Wildman–Crippen MR) is 95.3 cm³/mol. The monoisotopic (exact) mass is 356 g/mol. The molecular formula is C18H20N4O4. The van der Waals surface area contributed by atoms with E-state index in [-0.39, 0.29) is 29.7 Å². The molecular weight excluding hydrogens is 336 g/mol. The number of anilines is 1. The normalized spacial score (nSPS) is 13.3. The number of aromatic nitrogens is 2. The third-order valence-electron chi connectivity index (χ3n) is 3.94. The zero-order valence-corrected chi connectivity index (χ0v) is 14.4. The molecule has 1 fully saturated rings. The van der Waals surface area contributed by atoms with Crippen molar-refractivity contribution < 1.29 is 14.3 Å². The topological polar surface area (TPSA) is 102 Å². The largest absolute Gasteiger partial charge is 0.383 e. The van der Waals surface area contributed by atoms with E-state index in [1.807, 2.05) is 0 Å². The fourth-order valence-corrected chi connectivity index (χ4v) is 2.38. The molecule has 1 heterocycles. The summed E-state index contributed by atoms with van der Waals surface area (Å²) in [6.45, 7) is 0.555. The van der Waals surface area contributed by atoms with E-state index in [4.69, 9.17) is 4.74 Å². The molecule has 1 saturated carbocycles. The third-order valence-corrected chi connectivity index (χ3v) is 3.94. The van der Waals surface area contributed by atoms with E-state index in [2.05, 4.69) is 15.7 Å². The summed E-state index contributed by atoms with van der Waals surface area (Å²) in [6.07, 6.45) is 1.96. The molecule has 0 aliphatic heterocycles. The first kappa shape index (κ1) is 17.8. The molecule has 0 radical (unpaired) electrons. The highest BCUT2D eigenvalue weighted by atomic mass is 16.5. The fourth-order valence-electron chi connectivity index (χ4n) is 2.38. The predicted octanol–water partition coefficient (Wildman–Crippen LogP) is 1.03. The summed E-state index contributed by atoms with van der Waals surface area (Å²) in [5.41, 5.74) is 0.550. The first-order valence-electron chi connectivity index (χ1n) is 8.37. The minimum atomic E-state index is -0.497. The van der Waals surface area contributed by atoms with Gasteiger partial charge in [-0.3, -0.25) is 14.4 Å². The maximum absolute atomic E-state index is 12.5. The molecule has 3 rings (SSSR count). The molecule has 8 nitrogen and oxygen atoms in total. The zero-order valence-electron chi connectivity index (χ0n) is 14.4. The molecule has 0 bridgehead atoms. The number of carbonyl (C=O) groups is 2. The Morgan fingerprint density at radius 3 is 2.69 bits per heavy atom. The molecule has 0 spiro atoms. The molecule has 2 amide bonds. The highest BCUT2D eigenvalue weighted by Crippen LogP contribution is 2.21. The standard InChI is InChI=1S/C18H20N4O4/c1-26-11-10-22-16(23)9-8-15(21-22)18(25)20-14-5-3-2-4-13(14)17(24)19-12-6-7-12/h2-5,8-9,12H,6-7,10-11H2,1H3,(H,19,24)(H,20,25). The van der Waals surface area contributed by atoms with Crippen molar-refractivity contribution in [2.75, 3.05) is 19.0 Å². The van der Waals surface area contributed by atoms with Crippen LogP contribution in [0.25, 0.3) is 0 Å². The number of nitrogens with zero attached hydrogens (tertiary/aromatic N) is 2. The lowest BCUT2D eigenvalue weighted by Crippen LogP contribution is -2.29. The Morgan fingerprint density at radius 1 is 1.19 bits per heavy atom. The number of hydrogen-bond donors (Lipinski definition) is 2. The number of methoxy groups -OCH3 is 1. The maximum atomic E-state index is 12.5. The van der Waals surface area contributed by atoms with E-state index >= 15 is 0 Å². The van der Waals surface area contributed by atoms with Crippen LogP contribution in [0.1, 0.15) is 33.7 Å². The van der Waals surface area contributed by atoms with Crippen LogP contribution in [0.3, 0.4) is 0 Å². The number of nitrogens with one attached hydrogen (secondary N) is 2. The minimum absolute atomic E-state index is 0.0816. The van der Waals surface area contributed by atoms with E-state index in [9.17, 15) is 14.4 Å². The summed E-state index contributed by atoms with van der Waals surface area (Å²) < 4.78 is 6.10. The van der Waals surface area contributed by atoms with E-state index < -0.39 is 5.91 Å². The highest BCUT2D eigenvalue weighted by Gasteiger charge is 2.25. The quantitative estimate of drug-likeness (QED) is 0.771. The third kappa shape index (κ3) is 4.34. The lowest BCUT2D eigenvalue weighted by Gasteiger charge is -2.11. The van der Waals surface area contributed by atoms with Crippen LogP contribution in [-0.2, 0) is 11.3 Å². The Labute approximate surface area is 150 Å². The van der Waals surface area contributed by atoms with Gasteiger partial charge < -0.3 is 15.4 Å². The number of hydrogen-bond acceptors (Lipinski definition) is 5. The Kier molecular flexibility index (Phi) is 5.43. The van der Waals surface area contributed by atoms with Crippen molar-refractivity contribution in [2.24, 2.45) is 0 Å². The van der Waals surface area contributed by atoms with Gasteiger partial charge in [0.2, 0.25) is 0 Å². The van der Waals surface area contributed by atoms with Crippen LogP contribution in [0.4, 0.5) is 5.69 Å². The molecule has 0 saturated heterocycles. The van der Waals surface area contributed by atoms with Crippen LogP contribution in [0.2, 0.25) is 0 Å². The average Bonchev–Trinajstić information content (AvgIpc) is 3.45. The van der Waals surface area contributed by atoms with Gasteiger partial charge in [-0.25, -0.2) is 4.68 Å². The van der Waals surface area contributed by atoms with Gasteiger partial charge in [0, 0.05) is 19.2 Å². The van der Waals surface area contributed by atoms with Crippen LogP contribution in [0.15, 0.2) is 41.2 Å². The molecule has 1 aliphatic rings. The SMILES string of the molecule is COCCn1nc(C(=O)Nc2ccccc2C(=O)NC2CC2)ccc1=O. The van der Waals surface area contributed by atoms with Gasteiger partial charge in [-0.1, -0.05) is 12.1 Å². The fraction of sp³-hybridized carbons (Fsp3) is 0.333. The molecule has 1 aliphatic carbocycles. The first-order valence-corrected chi connectivity index (χ1v) is 8.37. The van der Waals surface area contributed by atoms with E-state index in [1.165, 1.54) is 23.9 Å². The van der Waals surface area contributed by atoms with Crippen LogP contribution < -0.4 is 16.2 Å². The summed E-state index contributed by atoms with van der Waals surface area (Å²) >= 11 is 0. The van der Waals surface area contributed by atoms with E-state index in [0.717, 1.165) is 12.8 Å². The summed E-state index contributed by atoms with van der Waals surface area (Å²) in [5.74, 6) is -0.718. The second kappa shape index (κ2) is 7.92. The Balaban J connectivity index is 1.77. The van der Waals surface area contributed by atoms with Crippen molar-refractivity contribution in [1.82, 2.24) is 15.1 Å². The molecule has 2 N–H and O–H groups in total. The van der Waals surface area contributed by atoms with Crippen LogP contribution in [0.5, 0.6) is 0 Å². The Morgan fingerprint density at radius 2 is 1.96 bits per heavy atom. The number of ether oxygens (including phenoxy) is 1. The molecule has 0 atom stereocenters. The van der Waals surface area contributed by atoms with Crippen molar-refractivity contribution in [1.29, 1.82) is 0 Å². The molecule has 1 aromatic carbocycles. The maximum Gasteiger partial charge on any atom is 0.276 e. The smallest absolute Gasteiger partial charge is 0.276 e. The number of carbonyl (C=O) groups excluding carboxylic acids is 2. The van der Waals surface area contributed by atoms with Crippen molar-refractivity contribution in [3.63, 3.8) is 0 Å². The molecule has 2 aromatic rings. The first-order chi connectivity index (χ1) is 12.6. The number of para-hydroxylation sites is 1. The van der Waals surface area contributed by atoms with Crippen LogP contribution >= 0.6 is 0 Å². The van der Waals surface area contributed by atoms with Gasteiger partial charge in [0.05, 0.1) is 24.4 Å². The van der Waals surface area contributed by atoms with Gasteiger partial charge in [0.15, 0.2) is 0 Å². The second-order valence-electron chi connectivity index (χ2n) is 6.02. The summed E-state index contributed by atoms with van der Waals surface area (Å²) in [4.78, 5) is 36.6. The van der Waals surface area contributed by atoms with Gasteiger partial charge in [-0.15, -0.1) is 0 Å². The van der Waals surface area contributed by atoms with Crippen molar-refractivity contribution >= 4 is 17.5 Å². The summed E-state index contributed by atoms with van der Waals surface area (Å²) in [5, 5.41) is 9.64. The van der Waals surface area contributed by atoms with Crippen molar-refractivity contribution in [2.45, 2.75) is 25.4 Å². The summed E-state index contributed by atoms with van der Waals surface area (Å²) in [7, 11) is 1.52. The van der Waals surface area contributed by atoms with Gasteiger partial charge in [-0.05, 0) is 31.0 Å². The van der Waals surface area contributed by atoms with E-state index in [0.29, 0.717) is 17.9 Å². The lowest BCUT2D eigenvalue weighted by molar-refractivity contribution is 0.0952. The zero-order chi connectivity index (χ0) is 18.5. The highest BCUT2D eigenvalue weighted by molar-refractivity contribution is 6.08. The molecule has 0 unspecified atom stereocenters. The van der Waals surface area contributed by atoms with Gasteiger partial charge >= 0.3 is 0 Å². The van der Waals surface area contributed by atoms with Crippen LogP contribution in [0, 0.1) is 0 Å². The Bertz CT molecular complexity index is 873. The summed E-state index contributed by atoms with van der Waals surface area (Å²) in [6, 6.07) is 9.63. The minimum Gasteiger partial charge on any atom is -0.383 e. The number of benzene rings is 1. The van der Waals surface area contributed by atoms with Gasteiger partial charge in [0.1, 0.15) is 5.69 Å².